The SMILES string of the molecule is Cc1cnn(C[C@@H](C)NCc2cn[nH]c2-c2ccc(F)cc2)c1. The van der Waals surface area contributed by atoms with Crippen molar-refractivity contribution in [3.8, 4) is 11.3 Å². The molecule has 0 fully saturated rings. The lowest BCUT2D eigenvalue weighted by Crippen LogP contribution is -2.30. The first-order valence-electron chi connectivity index (χ1n) is 7.62. The second-order valence-electron chi connectivity index (χ2n) is 5.80. The highest BCUT2D eigenvalue weighted by Gasteiger charge is 2.10. The number of halogens is 1. The van der Waals surface area contributed by atoms with Crippen LogP contribution in [-0.2, 0) is 13.1 Å². The Bertz CT molecular complexity index is 759. The fraction of sp³-hybridized carbons (Fsp3) is 0.294. The molecule has 5 nitrogen and oxygen atoms in total. The molecule has 3 aromatic rings. The van der Waals surface area contributed by atoms with Crippen molar-refractivity contribution in [2.45, 2.75) is 33.0 Å². The van der Waals surface area contributed by atoms with Crippen molar-refractivity contribution in [2.75, 3.05) is 0 Å². The Labute approximate surface area is 134 Å². The van der Waals surface area contributed by atoms with Crippen LogP contribution in [0.1, 0.15) is 18.1 Å². The molecule has 23 heavy (non-hydrogen) atoms. The van der Waals surface area contributed by atoms with E-state index >= 15 is 0 Å². The zero-order valence-corrected chi connectivity index (χ0v) is 13.3. The van der Waals surface area contributed by atoms with E-state index in [-0.39, 0.29) is 11.9 Å². The van der Waals surface area contributed by atoms with E-state index in [0.29, 0.717) is 6.54 Å². The Morgan fingerprint density at radius 1 is 1.26 bits per heavy atom. The summed E-state index contributed by atoms with van der Waals surface area (Å²) in [4.78, 5) is 0. The van der Waals surface area contributed by atoms with Gasteiger partial charge in [-0.05, 0) is 43.7 Å². The second kappa shape index (κ2) is 6.75. The van der Waals surface area contributed by atoms with E-state index in [9.17, 15) is 4.39 Å². The van der Waals surface area contributed by atoms with Gasteiger partial charge in [0.1, 0.15) is 5.82 Å². The van der Waals surface area contributed by atoms with Gasteiger partial charge in [0, 0.05) is 29.9 Å². The molecule has 0 spiro atoms. The monoisotopic (exact) mass is 313 g/mol. The van der Waals surface area contributed by atoms with Crippen molar-refractivity contribution >= 4 is 0 Å². The first-order valence-corrected chi connectivity index (χ1v) is 7.62. The Kier molecular flexibility index (Phi) is 4.52. The summed E-state index contributed by atoms with van der Waals surface area (Å²) in [5.41, 5.74) is 4.06. The zero-order valence-electron chi connectivity index (χ0n) is 13.3. The summed E-state index contributed by atoms with van der Waals surface area (Å²) in [5, 5.41) is 14.9. The highest BCUT2D eigenvalue weighted by atomic mass is 19.1. The predicted octanol–water partition coefficient (Wildman–Crippen LogP) is 2.90. The van der Waals surface area contributed by atoms with Crippen LogP contribution in [0.5, 0.6) is 0 Å². The number of aromatic nitrogens is 4. The standard InChI is InChI=1S/C17H20FN5/c1-12-7-21-23(10-12)11-13(2)19-8-15-9-20-22-17(15)14-3-5-16(18)6-4-14/h3-7,9-10,13,19H,8,11H2,1-2H3,(H,20,22)/t13-/m1/s1. The molecule has 0 aliphatic heterocycles. The fourth-order valence-corrected chi connectivity index (χ4v) is 2.51. The minimum Gasteiger partial charge on any atom is -0.308 e. The Morgan fingerprint density at radius 2 is 2.04 bits per heavy atom. The first-order chi connectivity index (χ1) is 11.1. The quantitative estimate of drug-likeness (QED) is 0.735. The Hall–Kier alpha value is -2.47. The average molecular weight is 313 g/mol. The normalized spacial score (nSPS) is 12.5. The third kappa shape index (κ3) is 3.84. The van der Waals surface area contributed by atoms with Crippen molar-refractivity contribution in [1.29, 1.82) is 0 Å². The van der Waals surface area contributed by atoms with Gasteiger partial charge in [0.2, 0.25) is 0 Å². The van der Waals surface area contributed by atoms with Crippen LogP contribution in [0.15, 0.2) is 42.9 Å². The van der Waals surface area contributed by atoms with Crippen LogP contribution in [-0.4, -0.2) is 26.0 Å². The third-order valence-corrected chi connectivity index (χ3v) is 3.71. The van der Waals surface area contributed by atoms with Crippen molar-refractivity contribution in [3.63, 3.8) is 0 Å². The maximum atomic E-state index is 13.0. The lowest BCUT2D eigenvalue weighted by atomic mass is 10.1. The maximum absolute atomic E-state index is 13.0. The Balaban J connectivity index is 1.62. The summed E-state index contributed by atoms with van der Waals surface area (Å²) in [6.45, 7) is 5.64. The molecular weight excluding hydrogens is 293 g/mol. The highest BCUT2D eigenvalue weighted by molar-refractivity contribution is 5.62. The number of H-pyrrole nitrogens is 1. The van der Waals surface area contributed by atoms with Gasteiger partial charge in [-0.2, -0.15) is 10.2 Å². The number of aromatic amines is 1. The molecule has 2 heterocycles. The largest absolute Gasteiger partial charge is 0.308 e. The molecule has 2 aromatic heterocycles. The summed E-state index contributed by atoms with van der Waals surface area (Å²) in [6.07, 6.45) is 5.69. The molecule has 0 aliphatic rings. The number of nitrogens with one attached hydrogen (secondary N) is 2. The molecule has 0 radical (unpaired) electrons. The molecule has 6 heteroatoms. The molecule has 1 atom stereocenters. The second-order valence-corrected chi connectivity index (χ2v) is 5.80. The van der Waals surface area contributed by atoms with Crippen LogP contribution in [0.25, 0.3) is 11.3 Å². The van der Waals surface area contributed by atoms with Gasteiger partial charge in [0.05, 0.1) is 24.6 Å². The van der Waals surface area contributed by atoms with Crippen molar-refractivity contribution in [3.05, 3.63) is 59.8 Å². The van der Waals surface area contributed by atoms with Gasteiger partial charge in [-0.25, -0.2) is 4.39 Å². The summed E-state index contributed by atoms with van der Waals surface area (Å²) < 4.78 is 15.0. The predicted molar refractivity (Wildman–Crippen MR) is 87.2 cm³/mol. The number of benzene rings is 1. The van der Waals surface area contributed by atoms with Gasteiger partial charge in [-0.1, -0.05) is 0 Å². The van der Waals surface area contributed by atoms with Gasteiger partial charge >= 0.3 is 0 Å². The highest BCUT2D eigenvalue weighted by Crippen LogP contribution is 2.21. The van der Waals surface area contributed by atoms with E-state index in [4.69, 9.17) is 0 Å². The number of aryl methyl sites for hydroxylation is 1. The van der Waals surface area contributed by atoms with Gasteiger partial charge in [-0.15, -0.1) is 0 Å². The molecular formula is C17H20FN5. The number of hydrogen-bond donors (Lipinski definition) is 2. The number of hydrogen-bond acceptors (Lipinski definition) is 3. The Morgan fingerprint density at radius 3 is 2.74 bits per heavy atom. The number of rotatable bonds is 6. The van der Waals surface area contributed by atoms with Crippen molar-refractivity contribution < 1.29 is 4.39 Å². The van der Waals surface area contributed by atoms with Crippen LogP contribution in [0.2, 0.25) is 0 Å². The van der Waals surface area contributed by atoms with Crippen LogP contribution >= 0.6 is 0 Å². The third-order valence-electron chi connectivity index (χ3n) is 3.71. The van der Waals surface area contributed by atoms with Crippen LogP contribution in [0, 0.1) is 12.7 Å². The molecule has 0 saturated carbocycles. The van der Waals surface area contributed by atoms with E-state index in [1.54, 1.807) is 18.3 Å². The van der Waals surface area contributed by atoms with Gasteiger partial charge in [0.25, 0.3) is 0 Å². The molecule has 0 bridgehead atoms. The molecule has 1 aromatic carbocycles. The summed E-state index contributed by atoms with van der Waals surface area (Å²) in [6, 6.07) is 6.68. The van der Waals surface area contributed by atoms with Crippen LogP contribution < -0.4 is 5.32 Å². The minimum atomic E-state index is -0.240. The number of nitrogens with zero attached hydrogens (tertiary/aromatic N) is 3. The molecule has 3 rings (SSSR count). The lowest BCUT2D eigenvalue weighted by Gasteiger charge is -2.14. The smallest absolute Gasteiger partial charge is 0.123 e. The fourth-order valence-electron chi connectivity index (χ4n) is 2.51. The zero-order chi connectivity index (χ0) is 16.2. The van der Waals surface area contributed by atoms with Crippen LogP contribution in [0.3, 0.4) is 0 Å². The molecule has 0 amide bonds. The molecule has 0 unspecified atom stereocenters. The van der Waals surface area contributed by atoms with E-state index in [2.05, 4.69) is 27.5 Å². The topological polar surface area (TPSA) is 58.5 Å². The van der Waals surface area contributed by atoms with Gasteiger partial charge in [0.15, 0.2) is 0 Å². The lowest BCUT2D eigenvalue weighted by molar-refractivity contribution is 0.451. The van der Waals surface area contributed by atoms with E-state index in [0.717, 1.165) is 28.9 Å². The van der Waals surface area contributed by atoms with Gasteiger partial charge < -0.3 is 5.32 Å². The maximum Gasteiger partial charge on any atom is 0.123 e. The van der Waals surface area contributed by atoms with Gasteiger partial charge in [-0.3, -0.25) is 9.78 Å². The summed E-state index contributed by atoms with van der Waals surface area (Å²) in [5.74, 6) is -0.240. The van der Waals surface area contributed by atoms with E-state index in [1.807, 2.05) is 24.0 Å². The summed E-state index contributed by atoms with van der Waals surface area (Å²) in [7, 11) is 0. The minimum absolute atomic E-state index is 0.240. The molecule has 0 aliphatic carbocycles. The molecule has 0 saturated heterocycles. The van der Waals surface area contributed by atoms with E-state index < -0.39 is 0 Å². The van der Waals surface area contributed by atoms with Crippen LogP contribution in [0.4, 0.5) is 4.39 Å². The summed E-state index contributed by atoms with van der Waals surface area (Å²) >= 11 is 0. The average Bonchev–Trinajstić information content (AvgIpc) is 3.15. The first kappa shape index (κ1) is 15.4. The van der Waals surface area contributed by atoms with E-state index in [1.165, 1.54) is 12.1 Å². The van der Waals surface area contributed by atoms with Crippen molar-refractivity contribution in [2.24, 2.45) is 0 Å². The molecule has 120 valence electrons. The van der Waals surface area contributed by atoms with Crippen molar-refractivity contribution in [1.82, 2.24) is 25.3 Å². The molecule has 2 N–H and O–H groups in total.